The van der Waals surface area contributed by atoms with E-state index < -0.39 is 0 Å². The Morgan fingerprint density at radius 3 is 2.55 bits per heavy atom. The molecule has 0 aromatic heterocycles. The van der Waals surface area contributed by atoms with Crippen molar-refractivity contribution in [3.63, 3.8) is 0 Å². The summed E-state index contributed by atoms with van der Waals surface area (Å²) in [5.74, 6) is 1.58. The molecule has 0 aliphatic heterocycles. The molecule has 0 bridgehead atoms. The summed E-state index contributed by atoms with van der Waals surface area (Å²) >= 11 is 0. The van der Waals surface area contributed by atoms with Crippen LogP contribution in [-0.4, -0.2) is 12.9 Å². The third kappa shape index (κ3) is 1.48. The van der Waals surface area contributed by atoms with Crippen LogP contribution in [0.2, 0.25) is 0 Å². The molecular weight excluding hydrogens is 248 g/mol. The maximum Gasteiger partial charge on any atom is 0.170 e. The Hall–Kier alpha value is -2.09. The lowest BCUT2D eigenvalue weighted by atomic mass is 9.95. The lowest BCUT2D eigenvalue weighted by Crippen LogP contribution is -2.12. The molecule has 2 heteroatoms. The number of hydrogen-bond donors (Lipinski definition) is 0. The van der Waals surface area contributed by atoms with Gasteiger partial charge in [0.15, 0.2) is 5.78 Å². The largest absolute Gasteiger partial charge is 0.497 e. The molecule has 1 fully saturated rings. The summed E-state index contributed by atoms with van der Waals surface area (Å²) in [6.45, 7) is 0. The molecule has 0 unspecified atom stereocenters. The average molecular weight is 264 g/mol. The number of ketones is 1. The zero-order valence-electron chi connectivity index (χ0n) is 11.4. The summed E-state index contributed by atoms with van der Waals surface area (Å²) in [7, 11) is 1.67. The van der Waals surface area contributed by atoms with E-state index >= 15 is 0 Å². The molecular formula is C18H16O2. The topological polar surface area (TPSA) is 26.3 Å². The van der Waals surface area contributed by atoms with Gasteiger partial charge < -0.3 is 4.74 Å². The van der Waals surface area contributed by atoms with Crippen molar-refractivity contribution in [1.82, 2.24) is 0 Å². The molecule has 2 aromatic rings. The van der Waals surface area contributed by atoms with Gasteiger partial charge in [-0.2, -0.15) is 0 Å². The number of methoxy groups -OCH3 is 1. The van der Waals surface area contributed by atoms with Crippen LogP contribution in [0, 0.1) is 5.41 Å². The summed E-state index contributed by atoms with van der Waals surface area (Å²) in [4.78, 5) is 12.7. The van der Waals surface area contributed by atoms with E-state index in [9.17, 15) is 4.79 Å². The second kappa shape index (κ2) is 3.95. The molecule has 0 radical (unpaired) electrons. The van der Waals surface area contributed by atoms with Crippen molar-refractivity contribution in [3.8, 4) is 5.75 Å². The normalized spacial score (nSPS) is 26.6. The molecule has 1 spiro atoms. The molecule has 20 heavy (non-hydrogen) atoms. The van der Waals surface area contributed by atoms with Crippen LogP contribution in [-0.2, 0) is 6.42 Å². The Labute approximate surface area is 118 Å². The third-order valence-corrected chi connectivity index (χ3v) is 4.81. The number of carbonyl (C=O) groups is 1. The van der Waals surface area contributed by atoms with Gasteiger partial charge in [-0.15, -0.1) is 0 Å². The van der Waals surface area contributed by atoms with Crippen molar-refractivity contribution in [2.45, 2.75) is 18.8 Å². The number of Topliss-reactive ketones (excluding diaryl/α,β-unsaturated/α-hetero) is 1. The predicted molar refractivity (Wildman–Crippen MR) is 77.3 cm³/mol. The second-order valence-corrected chi connectivity index (χ2v) is 5.85. The summed E-state index contributed by atoms with van der Waals surface area (Å²) in [6.07, 6.45) is 1.88. The van der Waals surface area contributed by atoms with E-state index in [1.54, 1.807) is 7.11 Å². The van der Waals surface area contributed by atoms with E-state index in [4.69, 9.17) is 4.74 Å². The van der Waals surface area contributed by atoms with Gasteiger partial charge in [0.05, 0.1) is 7.11 Å². The Balaban J connectivity index is 1.65. The molecule has 4 rings (SSSR count). The fourth-order valence-electron chi connectivity index (χ4n) is 3.61. The predicted octanol–water partition coefficient (Wildman–Crippen LogP) is 3.61. The van der Waals surface area contributed by atoms with Crippen molar-refractivity contribution in [1.29, 1.82) is 0 Å². The van der Waals surface area contributed by atoms with E-state index in [1.165, 1.54) is 11.1 Å². The summed E-state index contributed by atoms with van der Waals surface area (Å²) in [6, 6.07) is 16.2. The van der Waals surface area contributed by atoms with Crippen molar-refractivity contribution in [2.75, 3.05) is 7.11 Å². The molecule has 0 amide bonds. The number of carbonyl (C=O) groups excluding carboxylic acids is 1. The minimum absolute atomic E-state index is 0.154. The van der Waals surface area contributed by atoms with Crippen LogP contribution in [0.5, 0.6) is 5.75 Å². The van der Waals surface area contributed by atoms with Crippen LogP contribution in [0.15, 0.2) is 48.5 Å². The van der Waals surface area contributed by atoms with E-state index in [-0.39, 0.29) is 5.41 Å². The number of fused-ring (bicyclic) bond motifs is 1. The standard InChI is InChI=1S/C18H16O2/c1-20-14-8-6-12(7-9-14)16-11-18(16)10-13-4-2-3-5-15(13)17(18)19/h2-9,16H,10-11H2,1H3/t16-,18+/m0/s1. The molecule has 2 atom stereocenters. The SMILES string of the molecule is COc1ccc([C@@H]2C[C@]23Cc2ccccc2C3=O)cc1. The lowest BCUT2D eigenvalue weighted by molar-refractivity contribution is 0.0914. The number of hydrogen-bond acceptors (Lipinski definition) is 2. The summed E-state index contributed by atoms with van der Waals surface area (Å²) in [5.41, 5.74) is 3.25. The van der Waals surface area contributed by atoms with E-state index in [1.807, 2.05) is 30.3 Å². The van der Waals surface area contributed by atoms with Crippen molar-refractivity contribution in [2.24, 2.45) is 5.41 Å². The minimum Gasteiger partial charge on any atom is -0.497 e. The highest BCUT2D eigenvalue weighted by molar-refractivity contribution is 6.07. The second-order valence-electron chi connectivity index (χ2n) is 5.85. The molecule has 0 heterocycles. The van der Waals surface area contributed by atoms with Crippen LogP contribution in [0.3, 0.4) is 0 Å². The zero-order valence-corrected chi connectivity index (χ0v) is 11.4. The maximum absolute atomic E-state index is 12.7. The van der Waals surface area contributed by atoms with Gasteiger partial charge in [0.25, 0.3) is 0 Å². The van der Waals surface area contributed by atoms with Crippen molar-refractivity contribution < 1.29 is 9.53 Å². The van der Waals surface area contributed by atoms with Crippen molar-refractivity contribution in [3.05, 3.63) is 65.2 Å². The molecule has 2 aliphatic carbocycles. The average Bonchev–Trinajstić information content (AvgIpc) is 3.15. The van der Waals surface area contributed by atoms with Gasteiger partial charge in [-0.25, -0.2) is 0 Å². The van der Waals surface area contributed by atoms with Gasteiger partial charge in [-0.3, -0.25) is 4.79 Å². The van der Waals surface area contributed by atoms with Crippen LogP contribution in [0.1, 0.15) is 33.8 Å². The van der Waals surface area contributed by atoms with Gasteiger partial charge in [0, 0.05) is 11.0 Å². The Morgan fingerprint density at radius 1 is 1.10 bits per heavy atom. The quantitative estimate of drug-likeness (QED) is 0.828. The zero-order chi connectivity index (χ0) is 13.7. The van der Waals surface area contributed by atoms with Crippen LogP contribution < -0.4 is 4.74 Å². The van der Waals surface area contributed by atoms with Crippen LogP contribution in [0.4, 0.5) is 0 Å². The van der Waals surface area contributed by atoms with E-state index in [0.717, 1.165) is 24.2 Å². The van der Waals surface area contributed by atoms with Gasteiger partial charge in [0.2, 0.25) is 0 Å². The summed E-state index contributed by atoms with van der Waals surface area (Å²) < 4.78 is 5.19. The molecule has 100 valence electrons. The Bertz CT molecular complexity index is 687. The van der Waals surface area contributed by atoms with E-state index in [2.05, 4.69) is 18.2 Å². The maximum atomic E-state index is 12.7. The highest BCUT2D eigenvalue weighted by Gasteiger charge is 2.63. The number of ether oxygens (including phenoxy) is 1. The monoisotopic (exact) mass is 264 g/mol. The number of rotatable bonds is 2. The van der Waals surface area contributed by atoms with Gasteiger partial charge >= 0.3 is 0 Å². The first-order valence-electron chi connectivity index (χ1n) is 7.01. The first-order valence-corrected chi connectivity index (χ1v) is 7.01. The fraction of sp³-hybridized carbons (Fsp3) is 0.278. The van der Waals surface area contributed by atoms with Crippen LogP contribution >= 0.6 is 0 Å². The molecule has 2 nitrogen and oxygen atoms in total. The molecule has 0 saturated heterocycles. The fourth-order valence-corrected chi connectivity index (χ4v) is 3.61. The molecule has 1 saturated carbocycles. The first-order chi connectivity index (χ1) is 9.74. The number of benzene rings is 2. The highest BCUT2D eigenvalue weighted by atomic mass is 16.5. The Kier molecular flexibility index (Phi) is 2.31. The summed E-state index contributed by atoms with van der Waals surface area (Å²) in [5, 5.41) is 0. The van der Waals surface area contributed by atoms with Crippen molar-refractivity contribution >= 4 is 5.78 Å². The first kappa shape index (κ1) is 11.7. The molecule has 0 N–H and O–H groups in total. The van der Waals surface area contributed by atoms with Gasteiger partial charge in [-0.1, -0.05) is 36.4 Å². The van der Waals surface area contributed by atoms with E-state index in [0.29, 0.717) is 11.7 Å². The van der Waals surface area contributed by atoms with Gasteiger partial charge in [0.1, 0.15) is 5.75 Å². The lowest BCUT2D eigenvalue weighted by Gasteiger charge is -2.08. The third-order valence-electron chi connectivity index (χ3n) is 4.81. The Morgan fingerprint density at radius 2 is 1.85 bits per heavy atom. The van der Waals surface area contributed by atoms with Crippen LogP contribution in [0.25, 0.3) is 0 Å². The molecule has 2 aromatic carbocycles. The molecule has 2 aliphatic rings. The smallest absolute Gasteiger partial charge is 0.170 e. The highest BCUT2D eigenvalue weighted by Crippen LogP contribution is 2.65. The van der Waals surface area contributed by atoms with Gasteiger partial charge in [-0.05, 0) is 42.0 Å². The minimum atomic E-state index is -0.154.